The normalized spacial score (nSPS) is 26.3. The van der Waals surface area contributed by atoms with E-state index >= 15 is 0 Å². The van der Waals surface area contributed by atoms with Crippen LogP contribution in [-0.4, -0.2) is 50.3 Å². The van der Waals surface area contributed by atoms with Gasteiger partial charge < -0.3 is 15.0 Å². The molecule has 2 atom stereocenters. The van der Waals surface area contributed by atoms with E-state index in [1.165, 1.54) is 25.9 Å². The lowest BCUT2D eigenvalue weighted by molar-refractivity contribution is 0.0742. The van der Waals surface area contributed by atoms with Crippen LogP contribution in [0.2, 0.25) is 0 Å². The fourth-order valence-electron chi connectivity index (χ4n) is 2.70. The molecule has 3 heteroatoms. The third kappa shape index (κ3) is 5.36. The lowest BCUT2D eigenvalue weighted by atomic mass is 9.90. The number of hydrogen-bond acceptors (Lipinski definition) is 3. The van der Waals surface area contributed by atoms with Gasteiger partial charge in [-0.3, -0.25) is 0 Å². The third-order valence-electron chi connectivity index (χ3n) is 3.71. The molecule has 0 aliphatic carbocycles. The first kappa shape index (κ1) is 14.9. The Morgan fingerprint density at radius 3 is 2.71 bits per heavy atom. The highest BCUT2D eigenvalue weighted by Gasteiger charge is 2.26. The van der Waals surface area contributed by atoms with Gasteiger partial charge in [-0.05, 0) is 31.8 Å². The summed E-state index contributed by atoms with van der Waals surface area (Å²) >= 11 is 0. The first-order valence-electron chi connectivity index (χ1n) is 7.35. The summed E-state index contributed by atoms with van der Waals surface area (Å²) in [5.74, 6) is 0.815. The molecule has 3 nitrogen and oxygen atoms in total. The first-order chi connectivity index (χ1) is 8.31. The highest BCUT2D eigenvalue weighted by Crippen LogP contribution is 2.19. The maximum absolute atomic E-state index is 5.57. The monoisotopic (exact) mass is 242 g/mol. The van der Waals surface area contributed by atoms with Crippen molar-refractivity contribution in [3.05, 3.63) is 0 Å². The molecule has 1 fully saturated rings. The lowest BCUT2D eigenvalue weighted by Crippen LogP contribution is -2.49. The SMILES string of the molecule is CCCOCCN1CCC(NCC)C(CC)C1. The van der Waals surface area contributed by atoms with Crippen molar-refractivity contribution in [1.82, 2.24) is 10.2 Å². The molecule has 0 aromatic rings. The highest BCUT2D eigenvalue weighted by atomic mass is 16.5. The van der Waals surface area contributed by atoms with Crippen LogP contribution in [0.25, 0.3) is 0 Å². The maximum atomic E-state index is 5.57. The molecule has 0 saturated carbocycles. The van der Waals surface area contributed by atoms with Gasteiger partial charge in [0.05, 0.1) is 6.61 Å². The minimum absolute atomic E-state index is 0.734. The second-order valence-electron chi connectivity index (χ2n) is 5.03. The lowest BCUT2D eigenvalue weighted by Gasteiger charge is -2.38. The van der Waals surface area contributed by atoms with Crippen molar-refractivity contribution in [1.29, 1.82) is 0 Å². The maximum Gasteiger partial charge on any atom is 0.0593 e. The second kappa shape index (κ2) is 8.90. The Hall–Kier alpha value is -0.120. The largest absolute Gasteiger partial charge is 0.380 e. The zero-order valence-electron chi connectivity index (χ0n) is 11.9. The van der Waals surface area contributed by atoms with Crippen LogP contribution in [0.3, 0.4) is 0 Å². The smallest absolute Gasteiger partial charge is 0.0593 e. The molecule has 1 heterocycles. The van der Waals surface area contributed by atoms with Crippen LogP contribution in [0.5, 0.6) is 0 Å². The van der Waals surface area contributed by atoms with Gasteiger partial charge in [0.15, 0.2) is 0 Å². The third-order valence-corrected chi connectivity index (χ3v) is 3.71. The molecule has 0 bridgehead atoms. The minimum Gasteiger partial charge on any atom is -0.380 e. The molecule has 0 aromatic carbocycles. The Balaban J connectivity index is 2.22. The van der Waals surface area contributed by atoms with E-state index in [9.17, 15) is 0 Å². The molecule has 102 valence electrons. The summed E-state index contributed by atoms with van der Waals surface area (Å²) in [7, 11) is 0. The van der Waals surface area contributed by atoms with Gasteiger partial charge in [-0.1, -0.05) is 27.2 Å². The average Bonchev–Trinajstić information content (AvgIpc) is 2.36. The van der Waals surface area contributed by atoms with Gasteiger partial charge in [0.25, 0.3) is 0 Å². The Kier molecular flexibility index (Phi) is 7.82. The van der Waals surface area contributed by atoms with Crippen molar-refractivity contribution < 1.29 is 4.74 Å². The van der Waals surface area contributed by atoms with Crippen LogP contribution in [0.15, 0.2) is 0 Å². The van der Waals surface area contributed by atoms with Crippen molar-refractivity contribution in [3.63, 3.8) is 0 Å². The number of piperidine rings is 1. The number of nitrogens with zero attached hydrogens (tertiary/aromatic N) is 1. The standard InChI is InChI=1S/C14H30N2O/c1-4-10-17-11-9-16-8-7-14(15-6-3)13(5-2)12-16/h13-15H,4-12H2,1-3H3. The van der Waals surface area contributed by atoms with Gasteiger partial charge >= 0.3 is 0 Å². The molecule has 0 aromatic heterocycles. The number of nitrogens with one attached hydrogen (secondary N) is 1. The molecule has 1 N–H and O–H groups in total. The van der Waals surface area contributed by atoms with Crippen molar-refractivity contribution in [2.75, 3.05) is 39.4 Å². The summed E-state index contributed by atoms with van der Waals surface area (Å²) in [6, 6.07) is 0.734. The number of rotatable bonds is 8. The van der Waals surface area contributed by atoms with E-state index in [1.807, 2.05) is 0 Å². The summed E-state index contributed by atoms with van der Waals surface area (Å²) in [5, 5.41) is 3.62. The predicted molar refractivity (Wildman–Crippen MR) is 73.4 cm³/mol. The number of hydrogen-bond donors (Lipinski definition) is 1. The van der Waals surface area contributed by atoms with Crippen molar-refractivity contribution >= 4 is 0 Å². The molecule has 1 saturated heterocycles. The number of ether oxygens (including phenoxy) is 1. The van der Waals surface area contributed by atoms with Gasteiger partial charge in [0.2, 0.25) is 0 Å². The molecular weight excluding hydrogens is 212 g/mol. The van der Waals surface area contributed by atoms with Crippen LogP contribution in [-0.2, 0) is 4.74 Å². The Bertz CT molecular complexity index is 185. The molecule has 1 rings (SSSR count). The molecule has 17 heavy (non-hydrogen) atoms. The van der Waals surface area contributed by atoms with E-state index in [-0.39, 0.29) is 0 Å². The van der Waals surface area contributed by atoms with Gasteiger partial charge in [-0.25, -0.2) is 0 Å². The van der Waals surface area contributed by atoms with Crippen molar-refractivity contribution in [2.24, 2.45) is 5.92 Å². The van der Waals surface area contributed by atoms with Crippen LogP contribution in [0, 0.1) is 5.92 Å². The van der Waals surface area contributed by atoms with Crippen LogP contribution in [0.4, 0.5) is 0 Å². The van der Waals surface area contributed by atoms with Crippen molar-refractivity contribution in [3.8, 4) is 0 Å². The van der Waals surface area contributed by atoms with Gasteiger partial charge in [-0.2, -0.15) is 0 Å². The molecule has 1 aliphatic rings. The Morgan fingerprint density at radius 2 is 2.06 bits per heavy atom. The fourth-order valence-corrected chi connectivity index (χ4v) is 2.70. The summed E-state index contributed by atoms with van der Waals surface area (Å²) in [5.41, 5.74) is 0. The molecule has 1 aliphatic heterocycles. The quantitative estimate of drug-likeness (QED) is 0.660. The molecule has 0 amide bonds. The van der Waals surface area contributed by atoms with E-state index in [2.05, 4.69) is 31.0 Å². The summed E-state index contributed by atoms with van der Waals surface area (Å²) in [6.07, 6.45) is 3.70. The Labute approximate surface area is 107 Å². The average molecular weight is 242 g/mol. The number of likely N-dealkylation sites (tertiary alicyclic amines) is 1. The highest BCUT2D eigenvalue weighted by molar-refractivity contribution is 4.84. The molecule has 2 unspecified atom stereocenters. The summed E-state index contributed by atoms with van der Waals surface area (Å²) in [4.78, 5) is 2.57. The zero-order chi connectivity index (χ0) is 12.5. The van der Waals surface area contributed by atoms with E-state index < -0.39 is 0 Å². The van der Waals surface area contributed by atoms with Gasteiger partial charge in [-0.15, -0.1) is 0 Å². The van der Waals surface area contributed by atoms with Crippen LogP contribution >= 0.6 is 0 Å². The van der Waals surface area contributed by atoms with Crippen LogP contribution in [0.1, 0.15) is 40.0 Å². The fraction of sp³-hybridized carbons (Fsp3) is 1.00. The minimum atomic E-state index is 0.734. The van der Waals surface area contributed by atoms with Crippen LogP contribution < -0.4 is 5.32 Å². The second-order valence-corrected chi connectivity index (χ2v) is 5.03. The van der Waals surface area contributed by atoms with E-state index in [1.54, 1.807) is 0 Å². The van der Waals surface area contributed by atoms with E-state index in [0.29, 0.717) is 0 Å². The summed E-state index contributed by atoms with van der Waals surface area (Å²) < 4.78 is 5.57. The molecule has 0 radical (unpaired) electrons. The molecule has 0 spiro atoms. The molecular formula is C14H30N2O. The topological polar surface area (TPSA) is 24.5 Å². The van der Waals surface area contributed by atoms with Gasteiger partial charge in [0.1, 0.15) is 0 Å². The van der Waals surface area contributed by atoms with E-state index in [4.69, 9.17) is 4.74 Å². The van der Waals surface area contributed by atoms with E-state index in [0.717, 1.165) is 44.7 Å². The predicted octanol–water partition coefficient (Wildman–Crippen LogP) is 2.12. The Morgan fingerprint density at radius 1 is 1.24 bits per heavy atom. The zero-order valence-corrected chi connectivity index (χ0v) is 11.9. The van der Waals surface area contributed by atoms with Crippen molar-refractivity contribution in [2.45, 2.75) is 46.1 Å². The summed E-state index contributed by atoms with van der Waals surface area (Å²) in [6.45, 7) is 13.2. The van der Waals surface area contributed by atoms with Gasteiger partial charge in [0, 0.05) is 25.7 Å². The first-order valence-corrected chi connectivity index (χ1v) is 7.35.